The molecule has 2 aromatic carbocycles. The number of aromatic nitrogens is 2. The second-order valence-corrected chi connectivity index (χ2v) is 6.04. The molecule has 0 aliphatic heterocycles. The molecule has 0 spiro atoms. The summed E-state index contributed by atoms with van der Waals surface area (Å²) in [5.41, 5.74) is 2.13. The number of nitrogens with one attached hydrogen (secondary N) is 1. The fourth-order valence-corrected chi connectivity index (χ4v) is 3.33. The highest BCUT2D eigenvalue weighted by molar-refractivity contribution is 9.10. The average molecular weight is 388 g/mol. The molecule has 0 unspecified atom stereocenters. The Hall–Kier alpha value is -1.37. The van der Waals surface area contributed by atoms with Crippen molar-refractivity contribution in [2.24, 2.45) is 0 Å². The van der Waals surface area contributed by atoms with Crippen molar-refractivity contribution in [1.29, 1.82) is 0 Å². The van der Waals surface area contributed by atoms with Crippen molar-refractivity contribution in [3.8, 4) is 11.4 Å². The molecule has 1 aromatic heterocycles. The maximum atomic E-state index is 13.8. The van der Waals surface area contributed by atoms with E-state index in [0.717, 1.165) is 15.7 Å². The fourth-order valence-electron chi connectivity index (χ4n) is 2.17. The number of ether oxygens (including phenoxy) is 1. The topological polar surface area (TPSA) is 29.9 Å². The molecule has 0 aliphatic carbocycles. The van der Waals surface area contributed by atoms with Crippen LogP contribution in [0.25, 0.3) is 16.7 Å². The van der Waals surface area contributed by atoms with Gasteiger partial charge in [-0.25, -0.2) is 4.39 Å². The summed E-state index contributed by atoms with van der Waals surface area (Å²) >= 11 is 14.8. The van der Waals surface area contributed by atoms with Gasteiger partial charge in [0.2, 0.25) is 0 Å². The van der Waals surface area contributed by atoms with Crippen LogP contribution in [0.4, 0.5) is 4.39 Å². The fraction of sp³-hybridized carbons (Fsp3) is 0.0714. The molecule has 0 radical (unpaired) electrons. The number of hydrogen-bond acceptors (Lipinski definition) is 2. The van der Waals surface area contributed by atoms with E-state index in [1.54, 1.807) is 22.8 Å². The van der Waals surface area contributed by atoms with E-state index in [1.165, 1.54) is 13.2 Å². The van der Waals surface area contributed by atoms with Crippen LogP contribution in [0, 0.1) is 10.6 Å². The van der Waals surface area contributed by atoms with Crippen LogP contribution in [0.5, 0.6) is 5.75 Å². The van der Waals surface area contributed by atoms with Crippen molar-refractivity contribution < 1.29 is 9.13 Å². The number of nitrogens with zero attached hydrogens (tertiary/aromatic N) is 1. The predicted octanol–water partition coefficient (Wildman–Crippen LogP) is 5.25. The van der Waals surface area contributed by atoms with Gasteiger partial charge in [-0.3, -0.25) is 4.57 Å². The van der Waals surface area contributed by atoms with Crippen LogP contribution >= 0.6 is 39.7 Å². The molecule has 21 heavy (non-hydrogen) atoms. The predicted molar refractivity (Wildman–Crippen MR) is 87.7 cm³/mol. The highest BCUT2D eigenvalue weighted by Crippen LogP contribution is 2.31. The largest absolute Gasteiger partial charge is 0.494 e. The summed E-state index contributed by atoms with van der Waals surface area (Å²) in [7, 11) is 1.42. The standard InChI is InChI=1S/C14H9BrClFN2OS/c1-20-13-6-12-10(5-9(13)17)18-14(21)19(12)11-3-2-7(16)4-8(11)15/h2-6H,1H3,(H,18,21). The molecule has 0 bridgehead atoms. The number of imidazole rings is 1. The Kier molecular flexibility index (Phi) is 3.77. The van der Waals surface area contributed by atoms with E-state index < -0.39 is 5.82 Å². The number of benzene rings is 2. The quantitative estimate of drug-likeness (QED) is 0.609. The third kappa shape index (κ3) is 2.47. The lowest BCUT2D eigenvalue weighted by Gasteiger charge is -2.09. The zero-order valence-corrected chi connectivity index (χ0v) is 13.9. The summed E-state index contributed by atoms with van der Waals surface area (Å²) < 4.78 is 21.9. The molecule has 0 atom stereocenters. The monoisotopic (exact) mass is 386 g/mol. The van der Waals surface area contributed by atoms with Crippen molar-refractivity contribution >= 4 is 50.8 Å². The smallest absolute Gasteiger partial charge is 0.182 e. The molecule has 0 fully saturated rings. The van der Waals surface area contributed by atoms with Gasteiger partial charge in [0.25, 0.3) is 0 Å². The van der Waals surface area contributed by atoms with Crippen LogP contribution in [0.1, 0.15) is 0 Å². The minimum Gasteiger partial charge on any atom is -0.494 e. The van der Waals surface area contributed by atoms with E-state index in [1.807, 2.05) is 6.07 Å². The van der Waals surface area contributed by atoms with Gasteiger partial charge in [0, 0.05) is 21.6 Å². The van der Waals surface area contributed by atoms with Crippen LogP contribution in [0.2, 0.25) is 5.02 Å². The second-order valence-electron chi connectivity index (χ2n) is 4.37. The number of H-pyrrole nitrogens is 1. The highest BCUT2D eigenvalue weighted by Gasteiger charge is 2.13. The molecule has 3 rings (SSSR count). The van der Waals surface area contributed by atoms with E-state index in [0.29, 0.717) is 15.3 Å². The molecule has 1 N–H and O–H groups in total. The molecule has 3 aromatic rings. The number of hydrogen-bond donors (Lipinski definition) is 1. The SMILES string of the molecule is COc1cc2c(cc1F)[nH]c(=S)n2-c1ccc(Cl)cc1Br. The molecule has 0 saturated heterocycles. The lowest BCUT2D eigenvalue weighted by Crippen LogP contribution is -1.96. The second kappa shape index (κ2) is 5.44. The minimum absolute atomic E-state index is 0.162. The molecule has 7 heteroatoms. The molecule has 0 amide bonds. The summed E-state index contributed by atoms with van der Waals surface area (Å²) in [6.45, 7) is 0. The van der Waals surface area contributed by atoms with Gasteiger partial charge in [-0.2, -0.15) is 0 Å². The molecule has 0 aliphatic rings. The van der Waals surface area contributed by atoms with Gasteiger partial charge in [0.1, 0.15) is 0 Å². The highest BCUT2D eigenvalue weighted by atomic mass is 79.9. The first-order valence-corrected chi connectivity index (χ1v) is 7.53. The van der Waals surface area contributed by atoms with E-state index in [-0.39, 0.29) is 5.75 Å². The zero-order chi connectivity index (χ0) is 15.1. The van der Waals surface area contributed by atoms with Gasteiger partial charge in [-0.15, -0.1) is 0 Å². The molecular weight excluding hydrogens is 379 g/mol. The normalized spacial score (nSPS) is 11.0. The van der Waals surface area contributed by atoms with Crippen LogP contribution < -0.4 is 4.74 Å². The molecule has 108 valence electrons. The third-order valence-electron chi connectivity index (χ3n) is 3.11. The van der Waals surface area contributed by atoms with Crippen molar-refractivity contribution in [3.63, 3.8) is 0 Å². The van der Waals surface area contributed by atoms with E-state index in [9.17, 15) is 4.39 Å². The first-order valence-electron chi connectivity index (χ1n) is 5.95. The Morgan fingerprint density at radius 2 is 2.10 bits per heavy atom. The number of fused-ring (bicyclic) bond motifs is 1. The van der Waals surface area contributed by atoms with Gasteiger partial charge in [0.05, 0.1) is 23.8 Å². The van der Waals surface area contributed by atoms with Crippen LogP contribution in [-0.2, 0) is 0 Å². The molecule has 3 nitrogen and oxygen atoms in total. The maximum absolute atomic E-state index is 13.8. The van der Waals surface area contributed by atoms with Crippen LogP contribution in [-0.4, -0.2) is 16.7 Å². The van der Waals surface area contributed by atoms with Gasteiger partial charge in [-0.05, 0) is 46.3 Å². The first-order chi connectivity index (χ1) is 10.0. The van der Waals surface area contributed by atoms with Crippen molar-refractivity contribution in [2.45, 2.75) is 0 Å². The Balaban J connectivity index is 2.36. The lowest BCUT2D eigenvalue weighted by molar-refractivity contribution is 0.387. The Morgan fingerprint density at radius 3 is 2.76 bits per heavy atom. The van der Waals surface area contributed by atoms with Crippen LogP contribution in [0.15, 0.2) is 34.8 Å². The maximum Gasteiger partial charge on any atom is 0.182 e. The summed E-state index contributed by atoms with van der Waals surface area (Å²) in [6, 6.07) is 8.36. The first kappa shape index (κ1) is 14.6. The number of halogens is 3. The summed E-state index contributed by atoms with van der Waals surface area (Å²) in [5, 5.41) is 0.612. The van der Waals surface area contributed by atoms with Gasteiger partial charge < -0.3 is 9.72 Å². The lowest BCUT2D eigenvalue weighted by atomic mass is 10.2. The molecule has 1 heterocycles. The summed E-state index contributed by atoms with van der Waals surface area (Å²) in [4.78, 5) is 2.99. The number of methoxy groups -OCH3 is 1. The summed E-state index contributed by atoms with van der Waals surface area (Å²) in [6.07, 6.45) is 0. The van der Waals surface area contributed by atoms with E-state index in [4.69, 9.17) is 28.6 Å². The van der Waals surface area contributed by atoms with E-state index in [2.05, 4.69) is 20.9 Å². The van der Waals surface area contributed by atoms with Crippen molar-refractivity contribution in [1.82, 2.24) is 9.55 Å². The minimum atomic E-state index is -0.441. The Morgan fingerprint density at radius 1 is 1.33 bits per heavy atom. The third-order valence-corrected chi connectivity index (χ3v) is 4.26. The van der Waals surface area contributed by atoms with Crippen molar-refractivity contribution in [3.05, 3.63) is 50.4 Å². The molecular formula is C14H9BrClFN2OS. The Labute approximate surface area is 138 Å². The van der Waals surface area contributed by atoms with Crippen molar-refractivity contribution in [2.75, 3.05) is 7.11 Å². The van der Waals surface area contributed by atoms with Gasteiger partial charge in [0.15, 0.2) is 16.3 Å². The van der Waals surface area contributed by atoms with E-state index >= 15 is 0 Å². The van der Waals surface area contributed by atoms with Gasteiger partial charge >= 0.3 is 0 Å². The number of rotatable bonds is 2. The van der Waals surface area contributed by atoms with Gasteiger partial charge in [-0.1, -0.05) is 11.6 Å². The average Bonchev–Trinajstić information content (AvgIpc) is 2.73. The number of aromatic amines is 1. The molecule has 0 saturated carbocycles. The summed E-state index contributed by atoms with van der Waals surface area (Å²) in [5.74, 6) is -0.279. The Bertz CT molecular complexity index is 906. The van der Waals surface area contributed by atoms with Crippen LogP contribution in [0.3, 0.4) is 0 Å². The zero-order valence-electron chi connectivity index (χ0n) is 10.8.